The molecule has 0 aromatic heterocycles. The van der Waals surface area contributed by atoms with Crippen LogP contribution in [-0.2, 0) is 0 Å². The summed E-state index contributed by atoms with van der Waals surface area (Å²) in [6.07, 6.45) is 7.65. The van der Waals surface area contributed by atoms with E-state index >= 15 is 0 Å². The fraction of sp³-hybridized carbons (Fsp3) is 0.375. The van der Waals surface area contributed by atoms with Gasteiger partial charge in [0.2, 0.25) is 0 Å². The summed E-state index contributed by atoms with van der Waals surface area (Å²) in [7, 11) is 0. The van der Waals surface area contributed by atoms with Crippen LogP contribution in [0.1, 0.15) is 6.92 Å². The molecular formula is C8H10N2O. The van der Waals surface area contributed by atoms with Crippen molar-refractivity contribution in [3.05, 3.63) is 24.4 Å². The highest BCUT2D eigenvalue weighted by atomic mass is 16.3. The van der Waals surface area contributed by atoms with Gasteiger partial charge in [-0.3, -0.25) is 0 Å². The van der Waals surface area contributed by atoms with Gasteiger partial charge in [0, 0.05) is 6.20 Å². The number of aliphatic hydroxyl groups is 1. The maximum absolute atomic E-state index is 9.53. The van der Waals surface area contributed by atoms with Crippen LogP contribution in [0.25, 0.3) is 0 Å². The summed E-state index contributed by atoms with van der Waals surface area (Å²) in [5, 5.41) is 9.53. The predicted octanol–water partition coefficient (Wildman–Crippen LogP) is 0.493. The molecule has 2 rings (SSSR count). The Kier molecular flexibility index (Phi) is 1.17. The predicted molar refractivity (Wildman–Crippen MR) is 43.0 cm³/mol. The highest BCUT2D eigenvalue weighted by molar-refractivity contribution is 5.96. The molecule has 0 radical (unpaired) electrons. The van der Waals surface area contributed by atoms with Crippen molar-refractivity contribution in [1.29, 1.82) is 0 Å². The molecule has 0 aromatic carbocycles. The molecule has 1 N–H and O–H groups in total. The number of hydrogen-bond acceptors (Lipinski definition) is 3. The van der Waals surface area contributed by atoms with E-state index in [2.05, 4.69) is 4.99 Å². The molecule has 1 atom stereocenters. The molecule has 0 aromatic rings. The summed E-state index contributed by atoms with van der Waals surface area (Å²) in [4.78, 5) is 6.03. The summed E-state index contributed by atoms with van der Waals surface area (Å²) in [5.74, 6) is 0.845. The molecule has 3 nitrogen and oxygen atoms in total. The normalized spacial score (nSPS) is 34.0. The molecular weight excluding hydrogens is 140 g/mol. The van der Waals surface area contributed by atoms with Crippen LogP contribution in [0.3, 0.4) is 0 Å². The van der Waals surface area contributed by atoms with Crippen LogP contribution in [0.5, 0.6) is 0 Å². The summed E-state index contributed by atoms with van der Waals surface area (Å²) >= 11 is 0. The van der Waals surface area contributed by atoms with Crippen molar-refractivity contribution in [2.24, 2.45) is 4.99 Å². The molecule has 3 heteroatoms. The van der Waals surface area contributed by atoms with Gasteiger partial charge in [0.25, 0.3) is 0 Å². The van der Waals surface area contributed by atoms with E-state index in [1.165, 1.54) is 0 Å². The molecule has 2 aliphatic rings. The number of fused-ring (bicyclic) bond motifs is 1. The number of rotatable bonds is 0. The van der Waals surface area contributed by atoms with E-state index in [0.29, 0.717) is 6.54 Å². The highest BCUT2D eigenvalue weighted by Crippen LogP contribution is 2.20. The Morgan fingerprint density at radius 3 is 3.18 bits per heavy atom. The van der Waals surface area contributed by atoms with Gasteiger partial charge in [-0.05, 0) is 19.1 Å². The third-order valence-electron chi connectivity index (χ3n) is 1.74. The maximum atomic E-state index is 9.53. The zero-order valence-corrected chi connectivity index (χ0v) is 6.36. The average molecular weight is 150 g/mol. The maximum Gasteiger partial charge on any atom is 0.173 e. The largest absolute Gasteiger partial charge is 0.368 e. The Balaban J connectivity index is 2.33. The Morgan fingerprint density at radius 1 is 1.64 bits per heavy atom. The molecule has 0 aliphatic carbocycles. The standard InChI is InChI=1S/C8H10N2O/c1-8(11)6-10-5-3-2-4-7(10)9-8/h2-5,11H,6H2,1H3/t8-/m1/s1. The zero-order valence-electron chi connectivity index (χ0n) is 6.36. The van der Waals surface area contributed by atoms with E-state index in [9.17, 15) is 5.11 Å². The van der Waals surface area contributed by atoms with Crippen LogP contribution in [0, 0.1) is 0 Å². The van der Waals surface area contributed by atoms with Crippen LogP contribution in [0.2, 0.25) is 0 Å². The number of allylic oxidation sites excluding steroid dienone is 2. The van der Waals surface area contributed by atoms with E-state index in [1.54, 1.807) is 6.92 Å². The van der Waals surface area contributed by atoms with Crippen molar-refractivity contribution >= 4 is 5.84 Å². The minimum absolute atomic E-state index is 0.559. The van der Waals surface area contributed by atoms with Gasteiger partial charge in [0.1, 0.15) is 5.84 Å². The molecule has 0 saturated carbocycles. The number of hydrogen-bond donors (Lipinski definition) is 1. The Bertz CT molecular complexity index is 263. The van der Waals surface area contributed by atoms with E-state index in [0.717, 1.165) is 5.84 Å². The van der Waals surface area contributed by atoms with Crippen LogP contribution < -0.4 is 0 Å². The lowest BCUT2D eigenvalue weighted by Gasteiger charge is -2.17. The Hall–Kier alpha value is -1.09. The Morgan fingerprint density at radius 2 is 2.45 bits per heavy atom. The lowest BCUT2D eigenvalue weighted by molar-refractivity contribution is 0.0709. The monoisotopic (exact) mass is 150 g/mol. The lowest BCUT2D eigenvalue weighted by Crippen LogP contribution is -2.30. The molecule has 2 heterocycles. The second kappa shape index (κ2) is 1.95. The third kappa shape index (κ3) is 1.07. The van der Waals surface area contributed by atoms with E-state index in [1.807, 2.05) is 29.3 Å². The summed E-state index contributed by atoms with van der Waals surface area (Å²) in [5.41, 5.74) is -0.908. The van der Waals surface area contributed by atoms with Crippen LogP contribution >= 0.6 is 0 Å². The first-order valence-corrected chi connectivity index (χ1v) is 3.61. The minimum Gasteiger partial charge on any atom is -0.368 e. The van der Waals surface area contributed by atoms with Crippen molar-refractivity contribution < 1.29 is 5.11 Å². The van der Waals surface area contributed by atoms with Gasteiger partial charge < -0.3 is 10.0 Å². The molecule has 2 aliphatic heterocycles. The average Bonchev–Trinajstić information content (AvgIpc) is 2.21. The third-order valence-corrected chi connectivity index (χ3v) is 1.74. The van der Waals surface area contributed by atoms with Gasteiger partial charge in [-0.1, -0.05) is 6.08 Å². The summed E-state index contributed by atoms with van der Waals surface area (Å²) < 4.78 is 0. The molecule has 0 spiro atoms. The molecule has 58 valence electrons. The topological polar surface area (TPSA) is 35.8 Å². The van der Waals surface area contributed by atoms with Gasteiger partial charge in [-0.25, -0.2) is 4.99 Å². The Labute approximate surface area is 65.4 Å². The molecule has 0 bridgehead atoms. The minimum atomic E-state index is -0.908. The van der Waals surface area contributed by atoms with E-state index in [4.69, 9.17) is 0 Å². The van der Waals surface area contributed by atoms with Crippen LogP contribution in [0.15, 0.2) is 29.4 Å². The molecule has 0 saturated heterocycles. The second-order valence-electron chi connectivity index (χ2n) is 3.02. The number of amidine groups is 1. The quantitative estimate of drug-likeness (QED) is 0.545. The van der Waals surface area contributed by atoms with Gasteiger partial charge in [-0.2, -0.15) is 0 Å². The number of aliphatic imine (C=N–C) groups is 1. The number of nitrogens with zero attached hydrogens (tertiary/aromatic N) is 2. The first kappa shape index (κ1) is 6.61. The SMILES string of the molecule is C[C@@]1(O)CN2C=CC=CC2=N1. The van der Waals surface area contributed by atoms with Gasteiger partial charge in [0.15, 0.2) is 5.72 Å². The van der Waals surface area contributed by atoms with E-state index < -0.39 is 5.72 Å². The summed E-state index contributed by atoms with van der Waals surface area (Å²) in [6, 6.07) is 0. The first-order chi connectivity index (χ1) is 5.17. The van der Waals surface area contributed by atoms with E-state index in [-0.39, 0.29) is 0 Å². The fourth-order valence-electron chi connectivity index (χ4n) is 1.31. The van der Waals surface area contributed by atoms with Gasteiger partial charge in [-0.15, -0.1) is 0 Å². The van der Waals surface area contributed by atoms with Gasteiger partial charge >= 0.3 is 0 Å². The van der Waals surface area contributed by atoms with Crippen LogP contribution in [0.4, 0.5) is 0 Å². The fourth-order valence-corrected chi connectivity index (χ4v) is 1.31. The van der Waals surface area contributed by atoms with Crippen molar-refractivity contribution in [3.8, 4) is 0 Å². The highest BCUT2D eigenvalue weighted by Gasteiger charge is 2.31. The molecule has 0 fully saturated rings. The lowest BCUT2D eigenvalue weighted by atomic mass is 10.3. The van der Waals surface area contributed by atoms with Gasteiger partial charge in [0.05, 0.1) is 6.54 Å². The smallest absolute Gasteiger partial charge is 0.173 e. The van der Waals surface area contributed by atoms with Crippen molar-refractivity contribution in [2.45, 2.75) is 12.6 Å². The van der Waals surface area contributed by atoms with Crippen molar-refractivity contribution in [3.63, 3.8) is 0 Å². The molecule has 11 heavy (non-hydrogen) atoms. The van der Waals surface area contributed by atoms with Crippen LogP contribution in [-0.4, -0.2) is 28.1 Å². The molecule has 0 unspecified atom stereocenters. The molecule has 0 amide bonds. The second-order valence-corrected chi connectivity index (χ2v) is 3.02. The summed E-state index contributed by atoms with van der Waals surface area (Å²) in [6.45, 7) is 2.27. The first-order valence-electron chi connectivity index (χ1n) is 3.61. The van der Waals surface area contributed by atoms with Crippen molar-refractivity contribution in [1.82, 2.24) is 4.90 Å². The zero-order chi connectivity index (χ0) is 7.90. The van der Waals surface area contributed by atoms with Crippen molar-refractivity contribution in [2.75, 3.05) is 6.54 Å².